The molecule has 2 nitrogen and oxygen atoms in total. The molecule has 0 unspecified atom stereocenters. The summed E-state index contributed by atoms with van der Waals surface area (Å²) in [5, 5.41) is 9.22. The Hall–Kier alpha value is -0.520. The summed E-state index contributed by atoms with van der Waals surface area (Å²) in [6, 6.07) is 0. The molecule has 1 aliphatic carbocycles. The second-order valence-electron chi connectivity index (χ2n) is 3.17. The first kappa shape index (κ1) is 9.57. The molecule has 0 radical (unpaired) electrons. The van der Waals surface area contributed by atoms with Gasteiger partial charge in [0.05, 0.1) is 12.2 Å². The summed E-state index contributed by atoms with van der Waals surface area (Å²) in [6.07, 6.45) is 3.95. The van der Waals surface area contributed by atoms with Gasteiger partial charge < -0.3 is 9.84 Å². The molecule has 0 heterocycles. The molecule has 0 aliphatic heterocycles. The first-order valence-electron chi connectivity index (χ1n) is 4.52. The third-order valence-corrected chi connectivity index (χ3v) is 2.21. The largest absolute Gasteiger partial charge is 0.393 e. The fourth-order valence-corrected chi connectivity index (χ4v) is 1.44. The lowest BCUT2D eigenvalue weighted by Gasteiger charge is -2.24. The molecule has 1 rings (SSSR count). The highest BCUT2D eigenvalue weighted by Gasteiger charge is 2.18. The van der Waals surface area contributed by atoms with Crippen LogP contribution in [-0.2, 0) is 4.74 Å². The third kappa shape index (κ3) is 3.25. The van der Waals surface area contributed by atoms with Crippen LogP contribution in [0, 0.1) is 11.8 Å². The highest BCUT2D eigenvalue weighted by Crippen LogP contribution is 2.20. The first-order chi connectivity index (χ1) is 5.83. The smallest absolute Gasteiger partial charge is 0.108 e. The quantitative estimate of drug-likeness (QED) is 0.630. The summed E-state index contributed by atoms with van der Waals surface area (Å²) in [6.45, 7) is 2.35. The number of aliphatic hydroxyl groups excluding tert-OH is 1. The maximum absolute atomic E-state index is 9.22. The molecule has 0 bridgehead atoms. The molecule has 1 N–H and O–H groups in total. The molecule has 0 saturated heterocycles. The average Bonchev–Trinajstić information content (AvgIpc) is 2.09. The Kier molecular flexibility index (Phi) is 4.13. The normalized spacial score (nSPS) is 29.2. The van der Waals surface area contributed by atoms with Crippen LogP contribution in [0.5, 0.6) is 0 Å². The van der Waals surface area contributed by atoms with E-state index in [1.54, 1.807) is 0 Å². The van der Waals surface area contributed by atoms with E-state index in [4.69, 9.17) is 4.74 Å². The van der Waals surface area contributed by atoms with Gasteiger partial charge in [-0.2, -0.15) is 0 Å². The van der Waals surface area contributed by atoms with Crippen molar-refractivity contribution in [2.75, 3.05) is 6.61 Å². The summed E-state index contributed by atoms with van der Waals surface area (Å²) in [5.41, 5.74) is 0. The fraction of sp³-hybridized carbons (Fsp3) is 0.800. The van der Waals surface area contributed by atoms with Gasteiger partial charge in [-0.15, -0.1) is 5.92 Å². The molecule has 0 amide bonds. The lowest BCUT2D eigenvalue weighted by molar-refractivity contribution is 0.0111. The van der Waals surface area contributed by atoms with Crippen molar-refractivity contribution in [3.8, 4) is 11.8 Å². The van der Waals surface area contributed by atoms with Crippen molar-refractivity contribution in [1.29, 1.82) is 0 Å². The lowest BCUT2D eigenvalue weighted by atomic mass is 9.95. The molecular formula is C10H16O2. The second-order valence-corrected chi connectivity index (χ2v) is 3.17. The van der Waals surface area contributed by atoms with E-state index >= 15 is 0 Å². The van der Waals surface area contributed by atoms with E-state index in [-0.39, 0.29) is 6.10 Å². The van der Waals surface area contributed by atoms with Gasteiger partial charge in [0.1, 0.15) is 6.61 Å². The summed E-state index contributed by atoms with van der Waals surface area (Å²) in [4.78, 5) is 0. The molecule has 0 aromatic carbocycles. The third-order valence-electron chi connectivity index (χ3n) is 2.21. The summed E-state index contributed by atoms with van der Waals surface area (Å²) >= 11 is 0. The van der Waals surface area contributed by atoms with Crippen LogP contribution >= 0.6 is 0 Å². The molecule has 1 aliphatic rings. The van der Waals surface area contributed by atoms with Crippen LogP contribution < -0.4 is 0 Å². The van der Waals surface area contributed by atoms with Gasteiger partial charge in [-0.1, -0.05) is 5.92 Å². The Bertz CT molecular complexity index is 170. The Morgan fingerprint density at radius 3 is 2.58 bits per heavy atom. The van der Waals surface area contributed by atoms with Gasteiger partial charge in [-0.3, -0.25) is 0 Å². The molecule has 0 atom stereocenters. The summed E-state index contributed by atoms with van der Waals surface area (Å²) in [5.74, 6) is 5.66. The van der Waals surface area contributed by atoms with Crippen molar-refractivity contribution in [3.05, 3.63) is 0 Å². The Balaban J connectivity index is 2.12. The fourth-order valence-electron chi connectivity index (χ4n) is 1.44. The molecule has 1 fully saturated rings. The minimum Gasteiger partial charge on any atom is -0.393 e. The molecule has 2 heteroatoms. The number of ether oxygens (including phenoxy) is 1. The minimum atomic E-state index is -0.0953. The first-order valence-corrected chi connectivity index (χ1v) is 4.52. The van der Waals surface area contributed by atoms with Crippen molar-refractivity contribution in [3.63, 3.8) is 0 Å². The maximum atomic E-state index is 9.22. The van der Waals surface area contributed by atoms with Gasteiger partial charge in [-0.05, 0) is 32.6 Å². The van der Waals surface area contributed by atoms with Crippen molar-refractivity contribution in [1.82, 2.24) is 0 Å². The molecule has 1 saturated carbocycles. The number of hydrogen-bond donors (Lipinski definition) is 1. The number of aliphatic hydroxyl groups is 1. The van der Waals surface area contributed by atoms with Crippen LogP contribution in [0.4, 0.5) is 0 Å². The van der Waals surface area contributed by atoms with E-state index in [2.05, 4.69) is 11.8 Å². The van der Waals surface area contributed by atoms with Crippen molar-refractivity contribution in [2.45, 2.75) is 44.8 Å². The van der Waals surface area contributed by atoms with Gasteiger partial charge in [0.15, 0.2) is 0 Å². The zero-order chi connectivity index (χ0) is 8.81. The SMILES string of the molecule is CC#CCOC1CCC(O)CC1. The van der Waals surface area contributed by atoms with E-state index in [0.29, 0.717) is 12.7 Å². The Morgan fingerprint density at radius 1 is 1.33 bits per heavy atom. The van der Waals surface area contributed by atoms with Crippen molar-refractivity contribution < 1.29 is 9.84 Å². The lowest BCUT2D eigenvalue weighted by Crippen LogP contribution is -2.24. The molecule has 0 aromatic heterocycles. The predicted octanol–water partition coefficient (Wildman–Crippen LogP) is 1.33. The van der Waals surface area contributed by atoms with Gasteiger partial charge in [0.2, 0.25) is 0 Å². The minimum absolute atomic E-state index is 0.0953. The Morgan fingerprint density at radius 2 is 2.00 bits per heavy atom. The van der Waals surface area contributed by atoms with Gasteiger partial charge in [0.25, 0.3) is 0 Å². The van der Waals surface area contributed by atoms with E-state index in [1.807, 2.05) is 6.92 Å². The molecule has 68 valence electrons. The van der Waals surface area contributed by atoms with Crippen LogP contribution in [0.3, 0.4) is 0 Å². The highest BCUT2D eigenvalue weighted by atomic mass is 16.5. The van der Waals surface area contributed by atoms with Gasteiger partial charge >= 0.3 is 0 Å². The average molecular weight is 168 g/mol. The van der Waals surface area contributed by atoms with Crippen LogP contribution in [0.25, 0.3) is 0 Å². The van der Waals surface area contributed by atoms with E-state index in [0.717, 1.165) is 25.7 Å². The van der Waals surface area contributed by atoms with Crippen LogP contribution in [0.2, 0.25) is 0 Å². The molecular weight excluding hydrogens is 152 g/mol. The van der Waals surface area contributed by atoms with E-state index in [1.165, 1.54) is 0 Å². The molecule has 0 spiro atoms. The van der Waals surface area contributed by atoms with Crippen LogP contribution in [0.1, 0.15) is 32.6 Å². The van der Waals surface area contributed by atoms with Crippen molar-refractivity contribution >= 4 is 0 Å². The molecule has 12 heavy (non-hydrogen) atoms. The summed E-state index contributed by atoms with van der Waals surface area (Å²) in [7, 11) is 0. The topological polar surface area (TPSA) is 29.5 Å². The van der Waals surface area contributed by atoms with E-state index < -0.39 is 0 Å². The highest BCUT2D eigenvalue weighted by molar-refractivity contribution is 4.95. The van der Waals surface area contributed by atoms with Gasteiger partial charge in [0, 0.05) is 0 Å². The predicted molar refractivity (Wildman–Crippen MR) is 47.7 cm³/mol. The number of rotatable bonds is 2. The maximum Gasteiger partial charge on any atom is 0.108 e. The zero-order valence-corrected chi connectivity index (χ0v) is 7.55. The number of hydrogen-bond acceptors (Lipinski definition) is 2. The monoisotopic (exact) mass is 168 g/mol. The van der Waals surface area contributed by atoms with Gasteiger partial charge in [-0.25, -0.2) is 0 Å². The second kappa shape index (κ2) is 5.18. The van der Waals surface area contributed by atoms with Crippen molar-refractivity contribution in [2.24, 2.45) is 0 Å². The van der Waals surface area contributed by atoms with E-state index in [9.17, 15) is 5.11 Å². The molecule has 0 aromatic rings. The summed E-state index contributed by atoms with van der Waals surface area (Å²) < 4.78 is 5.49. The van der Waals surface area contributed by atoms with Crippen LogP contribution in [-0.4, -0.2) is 23.9 Å². The Labute approximate surface area is 73.9 Å². The zero-order valence-electron chi connectivity index (χ0n) is 7.55. The standard InChI is InChI=1S/C10H16O2/c1-2-3-8-12-10-6-4-9(11)5-7-10/h9-11H,4-8H2,1H3. The van der Waals surface area contributed by atoms with Crippen LogP contribution in [0.15, 0.2) is 0 Å².